The van der Waals surface area contributed by atoms with Gasteiger partial charge in [-0.3, -0.25) is 38.8 Å². The number of aromatic nitrogens is 3. The van der Waals surface area contributed by atoms with Crippen LogP contribution in [0.25, 0.3) is 0 Å². The molecule has 0 spiro atoms. The van der Waals surface area contributed by atoms with E-state index >= 15 is 0 Å². The van der Waals surface area contributed by atoms with E-state index in [1.807, 2.05) is 25.0 Å². The number of aliphatic hydroxyl groups is 2. The number of methoxy groups -OCH3 is 2. The van der Waals surface area contributed by atoms with E-state index in [0.29, 0.717) is 103 Å². The van der Waals surface area contributed by atoms with Crippen molar-refractivity contribution in [3.63, 3.8) is 0 Å². The number of nitrogens with two attached hydrogens (primary N) is 1. The number of aliphatic hydroxyl groups excluding tert-OH is 2. The average Bonchev–Trinajstić information content (AvgIpc) is 1.88. The van der Waals surface area contributed by atoms with Crippen LogP contribution in [0.3, 0.4) is 0 Å². The molecule has 1 aromatic heterocycles. The maximum absolute atomic E-state index is 14.4. The van der Waals surface area contributed by atoms with Crippen molar-refractivity contribution in [2.24, 2.45) is 16.6 Å². The van der Waals surface area contributed by atoms with E-state index in [1.54, 1.807) is 49.7 Å². The fraction of sp³-hybridized carbons (Fsp3) is 0.460. The number of nitrogens with zero attached hydrogens (tertiary/aromatic N) is 8. The molecule has 0 radical (unpaired) electrons. The van der Waals surface area contributed by atoms with E-state index in [1.165, 1.54) is 45.9 Å². The van der Waals surface area contributed by atoms with E-state index < -0.39 is 54.5 Å². The number of rotatable bonds is 28. The third-order valence-corrected chi connectivity index (χ3v) is 16.2. The first-order chi connectivity index (χ1) is 42.8. The first kappa shape index (κ1) is 64.3. The number of aliphatic imine (C=N–C) groups is 1. The number of hydrogen-bond donors (Lipinski definition) is 6. The van der Waals surface area contributed by atoms with Gasteiger partial charge in [0, 0.05) is 74.4 Å². The summed E-state index contributed by atoms with van der Waals surface area (Å²) in [5.74, 6) is -0.455. The van der Waals surface area contributed by atoms with Gasteiger partial charge in [0.1, 0.15) is 24.6 Å². The lowest BCUT2D eigenvalue weighted by Gasteiger charge is -2.31. The molecular formula is C63H78N12O14. The summed E-state index contributed by atoms with van der Waals surface area (Å²) in [7, 11) is 2.99. The fourth-order valence-corrected chi connectivity index (χ4v) is 11.5. The number of imide groups is 1. The van der Waals surface area contributed by atoms with Crippen LogP contribution in [0.4, 0.5) is 26.7 Å². The van der Waals surface area contributed by atoms with E-state index in [-0.39, 0.29) is 105 Å². The Morgan fingerprint density at radius 2 is 1.51 bits per heavy atom. The molecule has 0 saturated carbocycles. The van der Waals surface area contributed by atoms with Gasteiger partial charge >= 0.3 is 12.1 Å². The monoisotopic (exact) mass is 1230 g/mol. The summed E-state index contributed by atoms with van der Waals surface area (Å²) in [5, 5.41) is 40.4. The largest absolute Gasteiger partial charge is 0.493 e. The van der Waals surface area contributed by atoms with Crippen molar-refractivity contribution in [3.05, 3.63) is 114 Å². The lowest BCUT2D eigenvalue weighted by molar-refractivity contribution is -0.137. The van der Waals surface area contributed by atoms with Gasteiger partial charge < -0.3 is 60.5 Å². The minimum Gasteiger partial charge on any atom is -0.493 e. The van der Waals surface area contributed by atoms with Gasteiger partial charge in [-0.1, -0.05) is 61.9 Å². The molecule has 474 valence electrons. The zero-order chi connectivity index (χ0) is 63.5. The number of carbonyl (C=O) groups is 7. The topological polar surface area (TPSA) is 324 Å². The van der Waals surface area contributed by atoms with E-state index in [0.717, 1.165) is 16.9 Å². The molecule has 1 unspecified atom stereocenters. The lowest BCUT2D eigenvalue weighted by Crippen LogP contribution is -2.50. The smallest absolute Gasteiger partial charge is 0.416 e. The summed E-state index contributed by atoms with van der Waals surface area (Å²) in [6, 6.07) is 10.0. The number of nitrogens with one attached hydrogen (secondary N) is 3. The first-order valence-corrected chi connectivity index (χ1v) is 30.0. The minimum absolute atomic E-state index is 0.0452. The number of ether oxygens (including phenoxy) is 5. The van der Waals surface area contributed by atoms with Gasteiger partial charge in [0.25, 0.3) is 17.7 Å². The summed E-state index contributed by atoms with van der Waals surface area (Å²) in [6.45, 7) is 13.5. The zero-order valence-electron chi connectivity index (χ0n) is 50.6. The van der Waals surface area contributed by atoms with Gasteiger partial charge in [-0.15, -0.1) is 5.10 Å². The molecule has 8 amide bonds. The van der Waals surface area contributed by atoms with Crippen LogP contribution >= 0.6 is 0 Å². The van der Waals surface area contributed by atoms with E-state index in [2.05, 4.69) is 44.4 Å². The highest BCUT2D eigenvalue weighted by molar-refractivity contribution is 6.13. The Kier molecular flexibility index (Phi) is 21.1. The summed E-state index contributed by atoms with van der Waals surface area (Å²) in [4.78, 5) is 101. The highest BCUT2D eigenvalue weighted by Gasteiger charge is 2.46. The molecule has 26 heteroatoms. The zero-order valence-corrected chi connectivity index (χ0v) is 50.6. The minimum atomic E-state index is -1.54. The van der Waals surface area contributed by atoms with E-state index in [4.69, 9.17) is 29.4 Å². The Balaban J connectivity index is 0.807. The van der Waals surface area contributed by atoms with Gasteiger partial charge in [-0.25, -0.2) is 19.2 Å². The Morgan fingerprint density at radius 1 is 0.820 bits per heavy atom. The Morgan fingerprint density at radius 3 is 2.20 bits per heavy atom. The highest BCUT2D eigenvalue weighted by atomic mass is 16.6. The van der Waals surface area contributed by atoms with Crippen molar-refractivity contribution < 1.29 is 67.5 Å². The molecule has 5 aliphatic rings. The van der Waals surface area contributed by atoms with Crippen LogP contribution < -0.4 is 45.5 Å². The number of fused-ring (bicyclic) bond motifs is 4. The van der Waals surface area contributed by atoms with Crippen LogP contribution in [0.5, 0.6) is 23.0 Å². The molecule has 3 aromatic carbocycles. The maximum atomic E-state index is 14.4. The van der Waals surface area contributed by atoms with Crippen LogP contribution in [-0.2, 0) is 30.5 Å². The number of urea groups is 1. The summed E-state index contributed by atoms with van der Waals surface area (Å²) in [5.41, 5.74) is 9.77. The van der Waals surface area contributed by atoms with Gasteiger partial charge in [0.15, 0.2) is 29.2 Å². The normalized spacial score (nSPS) is 19.3. The van der Waals surface area contributed by atoms with E-state index in [9.17, 15) is 43.8 Å². The Hall–Kier alpha value is -9.14. The molecular weight excluding hydrogens is 1150 g/mol. The van der Waals surface area contributed by atoms with Crippen LogP contribution in [0.2, 0.25) is 0 Å². The number of anilines is 2. The van der Waals surface area contributed by atoms with Crippen LogP contribution in [0, 0.1) is 5.92 Å². The second kappa shape index (κ2) is 29.2. The fourth-order valence-electron chi connectivity index (χ4n) is 11.5. The van der Waals surface area contributed by atoms with Crippen molar-refractivity contribution in [1.82, 2.24) is 40.3 Å². The average molecular weight is 1230 g/mol. The molecule has 4 aromatic rings. The molecule has 26 nitrogen and oxygen atoms in total. The summed E-state index contributed by atoms with van der Waals surface area (Å²) in [6.07, 6.45) is 7.98. The van der Waals surface area contributed by atoms with Crippen LogP contribution in [-0.4, -0.2) is 160 Å². The maximum Gasteiger partial charge on any atom is 0.416 e. The molecule has 9 rings (SSSR count). The molecule has 2 saturated heterocycles. The lowest BCUT2D eigenvalue weighted by atomic mass is 10.0. The number of carbonyl (C=O) groups excluding carboxylic acids is 7. The number of amides is 8. The summed E-state index contributed by atoms with van der Waals surface area (Å²) >= 11 is 0. The number of hydrogen-bond acceptors (Lipinski definition) is 18. The quantitative estimate of drug-likeness (QED) is 0.0203. The first-order valence-electron chi connectivity index (χ1n) is 30.0. The highest BCUT2D eigenvalue weighted by Crippen LogP contribution is 2.44. The molecule has 0 aliphatic carbocycles. The van der Waals surface area contributed by atoms with Crippen LogP contribution in [0.1, 0.15) is 130 Å². The van der Waals surface area contributed by atoms with Crippen molar-refractivity contribution >= 4 is 64.9 Å². The van der Waals surface area contributed by atoms with Gasteiger partial charge in [0.2, 0.25) is 11.8 Å². The predicted octanol–water partition coefficient (Wildman–Crippen LogP) is 6.43. The predicted molar refractivity (Wildman–Crippen MR) is 326 cm³/mol. The third-order valence-electron chi connectivity index (χ3n) is 16.2. The van der Waals surface area contributed by atoms with Gasteiger partial charge in [0.05, 0.1) is 68.7 Å². The molecule has 6 atom stereocenters. The van der Waals surface area contributed by atoms with Crippen molar-refractivity contribution in [2.75, 3.05) is 63.8 Å². The number of unbranched alkanes of at least 4 members (excludes halogenated alkanes) is 4. The van der Waals surface area contributed by atoms with Gasteiger partial charge in [-0.2, -0.15) is 0 Å². The number of primary amides is 1. The second-order valence-corrected chi connectivity index (χ2v) is 23.0. The molecule has 2 fully saturated rings. The standard InChI is InChI=1S/C63H78N12O14/c1-37(2)57(68-54(76)15-9-7-10-23-71-55(77)20-21-56(71)78)46-35-74(70-69-46)47(14-13-22-65-62(64)83)58(79)67-41-18-16-40(17-19-41)36-89-63(84)75-48-31-53(51(86-6)29-44(48)60(81)73-34-39(4)27-49(73)61(75)82)88-25-12-8-11-24-87-52-30-45-43(28-50(52)85-5)59(80)72-33-38(3)26-42(72)32-66-45/h16-21,28-32,35,37,42,47,49,57,59,61,80,82H,3-4,7-15,22-27,33-34,36H2,1-2,5-6H3,(H,67,79)(H,68,76)(H3,64,65,83)/t42-,47-,49-,57-,59?,61-/m0/s1. The molecule has 89 heavy (non-hydrogen) atoms. The Labute approximate surface area is 515 Å². The molecule has 0 bridgehead atoms. The summed E-state index contributed by atoms with van der Waals surface area (Å²) < 4.78 is 31.1. The molecule has 5 aliphatic heterocycles. The number of benzene rings is 3. The SMILES string of the molecule is C=C1C[C@H]2[C@H](O)N(C(=O)OCc3ccc(NC(=O)[C@H](CCCNC(N)=O)n4cc([C@@H](NC(=O)CCCCCN5C(=O)C=CC5=O)C(C)C)nn4)cc3)c3cc(OCCCCCOc4cc5c(cc4OC)C(O)N4CC(=C)C[C@H]4C=N5)c(OC)cc3C(=O)N2C1. The third kappa shape index (κ3) is 15.4. The van der Waals surface area contributed by atoms with Crippen molar-refractivity contribution in [3.8, 4) is 23.0 Å². The molecule has 6 heterocycles. The van der Waals surface area contributed by atoms with Gasteiger partial charge in [-0.05, 0) is 93.5 Å². The van der Waals surface area contributed by atoms with Crippen molar-refractivity contribution in [2.45, 2.75) is 128 Å². The van der Waals surface area contributed by atoms with Crippen molar-refractivity contribution in [1.29, 1.82) is 0 Å². The molecule has 7 N–H and O–H groups in total. The second-order valence-electron chi connectivity index (χ2n) is 23.0. The Bertz CT molecular complexity index is 3370. The van der Waals surface area contributed by atoms with Crippen LogP contribution in [0.15, 0.2) is 96.2 Å².